The molecule has 0 spiro atoms. The van der Waals surface area contributed by atoms with E-state index in [1.807, 2.05) is 31.2 Å². The van der Waals surface area contributed by atoms with Crippen molar-refractivity contribution in [3.8, 4) is 11.4 Å². The number of carbonyl (C=O) groups excluding carboxylic acids is 2. The summed E-state index contributed by atoms with van der Waals surface area (Å²) in [4.78, 5) is 24.5. The first-order chi connectivity index (χ1) is 14.1. The van der Waals surface area contributed by atoms with Gasteiger partial charge in [0.05, 0.1) is 25.3 Å². The summed E-state index contributed by atoms with van der Waals surface area (Å²) in [5.41, 5.74) is 1.58. The van der Waals surface area contributed by atoms with Crippen molar-refractivity contribution in [1.82, 2.24) is 30.8 Å². The van der Waals surface area contributed by atoms with Crippen molar-refractivity contribution < 1.29 is 19.1 Å². The van der Waals surface area contributed by atoms with Crippen LogP contribution < -0.4 is 15.4 Å². The largest absolute Gasteiger partial charge is 0.494 e. The molecule has 1 atom stereocenters. The SMILES string of the molecule is CCOC(=O)C1=C(CSc2nnnn2-c2ccccc2OC)NC(=O)NC1CC. The average Bonchev–Trinajstić information content (AvgIpc) is 3.20. The normalized spacial score (nSPS) is 16.2. The molecule has 2 N–H and O–H groups in total. The van der Waals surface area contributed by atoms with Crippen LogP contribution in [0, 0.1) is 0 Å². The lowest BCUT2D eigenvalue weighted by Crippen LogP contribution is -2.50. The molecule has 0 radical (unpaired) electrons. The van der Waals surface area contributed by atoms with E-state index in [2.05, 4.69) is 26.2 Å². The molecule has 2 heterocycles. The van der Waals surface area contributed by atoms with Gasteiger partial charge >= 0.3 is 12.0 Å². The van der Waals surface area contributed by atoms with Gasteiger partial charge < -0.3 is 20.1 Å². The molecular formula is C18H22N6O4S. The fraction of sp³-hybridized carbons (Fsp3) is 0.389. The molecule has 1 aromatic heterocycles. The number of carbonyl (C=O) groups is 2. The van der Waals surface area contributed by atoms with Crippen LogP contribution in [-0.4, -0.2) is 57.7 Å². The van der Waals surface area contributed by atoms with Crippen LogP contribution in [0.25, 0.3) is 5.69 Å². The second-order valence-corrected chi connectivity index (χ2v) is 6.95. The van der Waals surface area contributed by atoms with E-state index in [9.17, 15) is 9.59 Å². The zero-order valence-corrected chi connectivity index (χ0v) is 17.2. The summed E-state index contributed by atoms with van der Waals surface area (Å²) in [6, 6.07) is 6.58. The Morgan fingerprint density at radius 1 is 1.31 bits per heavy atom. The van der Waals surface area contributed by atoms with Crippen LogP contribution >= 0.6 is 11.8 Å². The van der Waals surface area contributed by atoms with Gasteiger partial charge in [-0.25, -0.2) is 9.59 Å². The van der Waals surface area contributed by atoms with Gasteiger partial charge in [0.1, 0.15) is 11.4 Å². The Hall–Kier alpha value is -3.08. The molecule has 1 unspecified atom stereocenters. The molecule has 2 amide bonds. The Morgan fingerprint density at radius 3 is 2.83 bits per heavy atom. The summed E-state index contributed by atoms with van der Waals surface area (Å²) >= 11 is 1.29. The minimum absolute atomic E-state index is 0.249. The molecular weight excluding hydrogens is 396 g/mol. The quantitative estimate of drug-likeness (QED) is 0.491. The molecule has 0 bridgehead atoms. The highest BCUT2D eigenvalue weighted by molar-refractivity contribution is 7.99. The molecule has 1 aliphatic rings. The van der Waals surface area contributed by atoms with Gasteiger partial charge in [-0.05, 0) is 35.9 Å². The number of esters is 1. The molecule has 0 saturated heterocycles. The second kappa shape index (κ2) is 9.41. The Morgan fingerprint density at radius 2 is 2.10 bits per heavy atom. The van der Waals surface area contributed by atoms with E-state index in [0.717, 1.165) is 0 Å². The number of nitrogens with zero attached hydrogens (tertiary/aromatic N) is 4. The minimum atomic E-state index is -0.452. The molecule has 0 fully saturated rings. The molecule has 0 aliphatic carbocycles. The summed E-state index contributed by atoms with van der Waals surface area (Å²) in [5, 5.41) is 17.8. The van der Waals surface area contributed by atoms with Gasteiger partial charge in [0, 0.05) is 11.4 Å². The lowest BCUT2D eigenvalue weighted by Gasteiger charge is -2.28. The van der Waals surface area contributed by atoms with Crippen molar-refractivity contribution in [2.24, 2.45) is 0 Å². The maximum absolute atomic E-state index is 12.5. The molecule has 1 aliphatic heterocycles. The highest BCUT2D eigenvalue weighted by atomic mass is 32.2. The molecule has 29 heavy (non-hydrogen) atoms. The number of urea groups is 1. The van der Waals surface area contributed by atoms with Gasteiger partial charge in [0.25, 0.3) is 0 Å². The third-order valence-electron chi connectivity index (χ3n) is 4.25. The number of tetrazole rings is 1. The van der Waals surface area contributed by atoms with Crippen LogP contribution in [0.15, 0.2) is 40.7 Å². The molecule has 0 saturated carbocycles. The van der Waals surface area contributed by atoms with Crippen LogP contribution in [0.4, 0.5) is 4.79 Å². The van der Waals surface area contributed by atoms with E-state index < -0.39 is 12.0 Å². The molecule has 1 aromatic carbocycles. The lowest BCUT2D eigenvalue weighted by molar-refractivity contribution is -0.139. The van der Waals surface area contributed by atoms with E-state index in [1.165, 1.54) is 11.8 Å². The first-order valence-corrected chi connectivity index (χ1v) is 10.1. The van der Waals surface area contributed by atoms with E-state index in [1.54, 1.807) is 18.7 Å². The van der Waals surface area contributed by atoms with E-state index >= 15 is 0 Å². The summed E-state index contributed by atoms with van der Waals surface area (Å²) in [6.45, 7) is 3.88. The van der Waals surface area contributed by atoms with Crippen molar-refractivity contribution in [3.05, 3.63) is 35.5 Å². The number of ether oxygens (including phenoxy) is 2. The van der Waals surface area contributed by atoms with Crippen LogP contribution in [0.2, 0.25) is 0 Å². The molecule has 11 heteroatoms. The molecule has 10 nitrogen and oxygen atoms in total. The summed E-state index contributed by atoms with van der Waals surface area (Å²) in [5.74, 6) is 0.453. The topological polar surface area (TPSA) is 120 Å². The highest BCUT2D eigenvalue weighted by Crippen LogP contribution is 2.28. The number of amides is 2. The zero-order chi connectivity index (χ0) is 20.8. The van der Waals surface area contributed by atoms with Crippen molar-refractivity contribution in [2.75, 3.05) is 19.5 Å². The first-order valence-electron chi connectivity index (χ1n) is 9.11. The minimum Gasteiger partial charge on any atom is -0.494 e. The number of rotatable bonds is 8. The highest BCUT2D eigenvalue weighted by Gasteiger charge is 2.31. The van der Waals surface area contributed by atoms with Crippen molar-refractivity contribution in [2.45, 2.75) is 31.5 Å². The molecule has 154 valence electrons. The van der Waals surface area contributed by atoms with Crippen molar-refractivity contribution >= 4 is 23.8 Å². The average molecular weight is 418 g/mol. The van der Waals surface area contributed by atoms with E-state index in [-0.39, 0.29) is 18.4 Å². The first kappa shape index (κ1) is 20.6. The molecule has 2 aromatic rings. The monoisotopic (exact) mass is 418 g/mol. The Kier molecular flexibility index (Phi) is 6.70. The third kappa shape index (κ3) is 4.50. The number of thioether (sulfide) groups is 1. The number of benzene rings is 1. The van der Waals surface area contributed by atoms with Gasteiger partial charge in [-0.15, -0.1) is 5.10 Å². The maximum atomic E-state index is 12.5. The van der Waals surface area contributed by atoms with Crippen LogP contribution in [-0.2, 0) is 9.53 Å². The zero-order valence-electron chi connectivity index (χ0n) is 16.3. The summed E-state index contributed by atoms with van der Waals surface area (Å²) in [6.07, 6.45) is 0.564. The van der Waals surface area contributed by atoms with E-state index in [4.69, 9.17) is 9.47 Å². The predicted octanol–water partition coefficient (Wildman–Crippen LogP) is 1.67. The van der Waals surface area contributed by atoms with Crippen LogP contribution in [0.1, 0.15) is 20.3 Å². The summed E-state index contributed by atoms with van der Waals surface area (Å²) < 4.78 is 12.1. The lowest BCUT2D eigenvalue weighted by atomic mass is 10.0. The number of hydrogen-bond donors (Lipinski definition) is 2. The predicted molar refractivity (Wildman–Crippen MR) is 106 cm³/mol. The fourth-order valence-corrected chi connectivity index (χ4v) is 3.79. The van der Waals surface area contributed by atoms with Gasteiger partial charge in [-0.2, -0.15) is 4.68 Å². The second-order valence-electron chi connectivity index (χ2n) is 6.01. The molecule has 3 rings (SSSR count). The number of aromatic nitrogens is 4. The Bertz CT molecular complexity index is 929. The van der Waals surface area contributed by atoms with E-state index in [0.29, 0.717) is 34.3 Å². The van der Waals surface area contributed by atoms with Crippen molar-refractivity contribution in [1.29, 1.82) is 0 Å². The Balaban J connectivity index is 1.89. The van der Waals surface area contributed by atoms with Crippen molar-refractivity contribution in [3.63, 3.8) is 0 Å². The standard InChI is InChI=1S/C18H22N6O4S/c1-4-11-15(16(25)28-5-2)12(20-17(26)19-11)10-29-18-21-22-23-24(18)13-8-6-7-9-14(13)27-3/h6-9,11H,4-5,10H2,1-3H3,(H2,19,20,26). The maximum Gasteiger partial charge on any atom is 0.337 e. The number of nitrogens with one attached hydrogen (secondary N) is 2. The third-order valence-corrected chi connectivity index (χ3v) is 5.19. The van der Waals surface area contributed by atoms with Gasteiger partial charge in [-0.1, -0.05) is 30.8 Å². The van der Waals surface area contributed by atoms with Gasteiger partial charge in [-0.3, -0.25) is 0 Å². The Labute approximate surface area is 172 Å². The van der Waals surface area contributed by atoms with Gasteiger partial charge in [0.2, 0.25) is 5.16 Å². The van der Waals surface area contributed by atoms with Gasteiger partial charge in [0.15, 0.2) is 0 Å². The number of hydrogen-bond acceptors (Lipinski definition) is 8. The number of para-hydroxylation sites is 2. The number of methoxy groups -OCH3 is 1. The summed E-state index contributed by atoms with van der Waals surface area (Å²) in [7, 11) is 1.57. The smallest absolute Gasteiger partial charge is 0.337 e. The van der Waals surface area contributed by atoms with Crippen LogP contribution in [0.5, 0.6) is 5.75 Å². The van der Waals surface area contributed by atoms with Crippen LogP contribution in [0.3, 0.4) is 0 Å². The fourth-order valence-electron chi connectivity index (χ4n) is 2.94.